The number of likely N-dealkylation sites (tertiary alicyclic amines) is 1. The van der Waals surface area contributed by atoms with E-state index in [2.05, 4.69) is 75.1 Å². The van der Waals surface area contributed by atoms with E-state index in [1.165, 1.54) is 11.3 Å². The molecule has 1 fully saturated rings. The fourth-order valence-corrected chi connectivity index (χ4v) is 4.46. The SMILES string of the molecule is CC(C)=CCN(c1ccc(OCc2ccccc2)cc1)C1CCN(C(=O)C(N)CC(C)C)CC1.Cl. The van der Waals surface area contributed by atoms with E-state index in [1.54, 1.807) is 0 Å². The largest absolute Gasteiger partial charge is 0.489 e. The normalized spacial score (nSPS) is 14.7. The molecule has 3 rings (SSSR count). The zero-order valence-corrected chi connectivity index (χ0v) is 22.5. The van der Waals surface area contributed by atoms with Gasteiger partial charge in [0.05, 0.1) is 6.04 Å². The van der Waals surface area contributed by atoms with Crippen LogP contribution in [0.25, 0.3) is 0 Å². The summed E-state index contributed by atoms with van der Waals surface area (Å²) in [5.41, 5.74) is 9.82. The molecule has 192 valence electrons. The fraction of sp³-hybridized carbons (Fsp3) is 0.483. The third-order valence-corrected chi connectivity index (χ3v) is 6.37. The Morgan fingerprint density at radius 2 is 1.71 bits per heavy atom. The number of carbonyl (C=O) groups excluding carboxylic acids is 1. The predicted octanol–water partition coefficient (Wildman–Crippen LogP) is 5.82. The Balaban J connectivity index is 0.00000432. The van der Waals surface area contributed by atoms with Crippen molar-refractivity contribution in [1.82, 2.24) is 4.90 Å². The van der Waals surface area contributed by atoms with Gasteiger partial charge in [-0.1, -0.05) is 55.8 Å². The van der Waals surface area contributed by atoms with E-state index in [-0.39, 0.29) is 24.4 Å². The Bertz CT molecular complexity index is 919. The third-order valence-electron chi connectivity index (χ3n) is 6.37. The van der Waals surface area contributed by atoms with Crippen molar-refractivity contribution in [2.75, 3.05) is 24.5 Å². The standard InChI is InChI=1S/C29H41N3O2.ClH/c1-22(2)14-19-32(26-15-17-31(18-16-26)29(33)28(30)20-23(3)4)25-10-12-27(13-11-25)34-21-24-8-6-5-7-9-24;/h5-14,23,26,28H,15-21,30H2,1-4H3;1H. The molecule has 0 radical (unpaired) electrons. The number of amides is 1. The summed E-state index contributed by atoms with van der Waals surface area (Å²) in [6, 6.07) is 18.6. The maximum atomic E-state index is 12.8. The van der Waals surface area contributed by atoms with Crippen LogP contribution in [-0.2, 0) is 11.4 Å². The zero-order chi connectivity index (χ0) is 24.5. The maximum absolute atomic E-state index is 12.8. The van der Waals surface area contributed by atoms with E-state index < -0.39 is 0 Å². The van der Waals surface area contributed by atoms with Crippen LogP contribution in [0.3, 0.4) is 0 Å². The lowest BCUT2D eigenvalue weighted by Gasteiger charge is -2.40. The molecule has 6 heteroatoms. The van der Waals surface area contributed by atoms with Gasteiger partial charge in [0.25, 0.3) is 0 Å². The minimum absolute atomic E-state index is 0. The van der Waals surface area contributed by atoms with Crippen molar-refractivity contribution in [2.45, 2.75) is 65.6 Å². The minimum Gasteiger partial charge on any atom is -0.489 e. The minimum atomic E-state index is -0.387. The van der Waals surface area contributed by atoms with E-state index in [9.17, 15) is 4.79 Å². The van der Waals surface area contributed by atoms with Crippen LogP contribution < -0.4 is 15.4 Å². The molecule has 35 heavy (non-hydrogen) atoms. The lowest BCUT2D eigenvalue weighted by atomic mass is 9.99. The summed E-state index contributed by atoms with van der Waals surface area (Å²) in [5.74, 6) is 1.40. The van der Waals surface area contributed by atoms with Crippen molar-refractivity contribution < 1.29 is 9.53 Å². The van der Waals surface area contributed by atoms with E-state index in [1.807, 2.05) is 23.1 Å². The molecule has 0 saturated carbocycles. The molecule has 0 bridgehead atoms. The molecular formula is C29H42ClN3O2. The molecule has 2 aromatic carbocycles. The molecular weight excluding hydrogens is 458 g/mol. The summed E-state index contributed by atoms with van der Waals surface area (Å²) in [5, 5.41) is 0. The number of benzene rings is 2. The summed E-state index contributed by atoms with van der Waals surface area (Å²) in [6.45, 7) is 11.4. The van der Waals surface area contributed by atoms with E-state index in [4.69, 9.17) is 10.5 Å². The molecule has 0 aromatic heterocycles. The topological polar surface area (TPSA) is 58.8 Å². The lowest BCUT2D eigenvalue weighted by molar-refractivity contribution is -0.134. The van der Waals surface area contributed by atoms with Gasteiger partial charge in [0.1, 0.15) is 12.4 Å². The van der Waals surface area contributed by atoms with Crippen LogP contribution in [0.15, 0.2) is 66.2 Å². The Hall–Kier alpha value is -2.50. The third kappa shape index (κ3) is 8.90. The van der Waals surface area contributed by atoms with E-state index >= 15 is 0 Å². The molecule has 2 N–H and O–H groups in total. The van der Waals surface area contributed by atoms with Gasteiger partial charge in [0.2, 0.25) is 5.91 Å². The van der Waals surface area contributed by atoms with Crippen LogP contribution in [0.4, 0.5) is 5.69 Å². The first-order valence-corrected chi connectivity index (χ1v) is 12.5. The van der Waals surface area contributed by atoms with Gasteiger partial charge in [-0.15, -0.1) is 12.4 Å². The smallest absolute Gasteiger partial charge is 0.239 e. The van der Waals surface area contributed by atoms with Crippen LogP contribution in [0.1, 0.15) is 52.5 Å². The Labute approximate surface area is 217 Å². The maximum Gasteiger partial charge on any atom is 0.239 e. The summed E-state index contributed by atoms with van der Waals surface area (Å²) in [7, 11) is 0. The number of rotatable bonds is 10. The van der Waals surface area contributed by atoms with E-state index in [0.29, 0.717) is 18.6 Å². The molecule has 1 amide bonds. The summed E-state index contributed by atoms with van der Waals surface area (Å²) >= 11 is 0. The molecule has 0 aliphatic carbocycles. The summed E-state index contributed by atoms with van der Waals surface area (Å²) < 4.78 is 5.97. The van der Waals surface area contributed by atoms with Crippen LogP contribution in [0, 0.1) is 5.92 Å². The molecule has 2 aromatic rings. The van der Waals surface area contributed by atoms with Gasteiger partial charge >= 0.3 is 0 Å². The Kier molecular flexibility index (Phi) is 11.6. The first-order chi connectivity index (χ1) is 16.3. The van der Waals surface area contributed by atoms with Gasteiger partial charge in [-0.05, 0) is 68.9 Å². The monoisotopic (exact) mass is 499 g/mol. The number of anilines is 1. The average Bonchev–Trinajstić information content (AvgIpc) is 2.83. The fourth-order valence-electron chi connectivity index (χ4n) is 4.46. The van der Waals surface area contributed by atoms with Gasteiger partial charge in [-0.2, -0.15) is 0 Å². The number of allylic oxidation sites excluding steroid dienone is 1. The number of nitrogens with zero attached hydrogens (tertiary/aromatic N) is 2. The number of halogens is 1. The molecule has 1 aliphatic rings. The highest BCUT2D eigenvalue weighted by Crippen LogP contribution is 2.27. The van der Waals surface area contributed by atoms with Crippen molar-refractivity contribution >= 4 is 24.0 Å². The highest BCUT2D eigenvalue weighted by Gasteiger charge is 2.29. The highest BCUT2D eigenvalue weighted by molar-refractivity contribution is 5.85. The molecule has 1 unspecified atom stereocenters. The Morgan fingerprint density at radius 3 is 2.29 bits per heavy atom. The van der Waals surface area contributed by atoms with Gasteiger partial charge in [-0.3, -0.25) is 4.79 Å². The number of nitrogens with two attached hydrogens (primary N) is 1. The van der Waals surface area contributed by atoms with Crippen LogP contribution in [0.2, 0.25) is 0 Å². The van der Waals surface area contributed by atoms with Crippen molar-refractivity contribution in [3.8, 4) is 5.75 Å². The number of ether oxygens (including phenoxy) is 1. The summed E-state index contributed by atoms with van der Waals surface area (Å²) in [4.78, 5) is 17.2. The van der Waals surface area contributed by atoms with Gasteiger partial charge in [0.15, 0.2) is 0 Å². The number of piperidine rings is 1. The highest BCUT2D eigenvalue weighted by atomic mass is 35.5. The van der Waals surface area contributed by atoms with Crippen LogP contribution in [0.5, 0.6) is 5.75 Å². The van der Waals surface area contributed by atoms with Crippen molar-refractivity contribution in [1.29, 1.82) is 0 Å². The predicted molar refractivity (Wildman–Crippen MR) is 148 cm³/mol. The molecule has 1 aliphatic heterocycles. The second-order valence-electron chi connectivity index (χ2n) is 9.99. The van der Waals surface area contributed by atoms with Crippen LogP contribution >= 0.6 is 12.4 Å². The first-order valence-electron chi connectivity index (χ1n) is 12.5. The second-order valence-corrected chi connectivity index (χ2v) is 9.99. The number of hydrogen-bond acceptors (Lipinski definition) is 4. The zero-order valence-electron chi connectivity index (χ0n) is 21.7. The molecule has 1 saturated heterocycles. The van der Waals surface area contributed by atoms with Crippen molar-refractivity contribution in [3.05, 3.63) is 71.8 Å². The van der Waals surface area contributed by atoms with Gasteiger partial charge in [0, 0.05) is 31.4 Å². The number of carbonyl (C=O) groups is 1. The molecule has 1 heterocycles. The summed E-state index contributed by atoms with van der Waals surface area (Å²) in [6.07, 6.45) is 4.91. The Morgan fingerprint density at radius 1 is 1.09 bits per heavy atom. The molecule has 0 spiro atoms. The molecule has 5 nitrogen and oxygen atoms in total. The average molecular weight is 500 g/mol. The number of hydrogen-bond donors (Lipinski definition) is 1. The first kappa shape index (κ1) is 28.7. The van der Waals surface area contributed by atoms with E-state index in [0.717, 1.165) is 50.2 Å². The van der Waals surface area contributed by atoms with Crippen LogP contribution in [-0.4, -0.2) is 42.5 Å². The van der Waals surface area contributed by atoms with Gasteiger partial charge < -0.3 is 20.3 Å². The van der Waals surface area contributed by atoms with Crippen molar-refractivity contribution in [2.24, 2.45) is 11.7 Å². The van der Waals surface area contributed by atoms with Gasteiger partial charge in [-0.25, -0.2) is 0 Å². The second kappa shape index (κ2) is 14.2. The quantitative estimate of drug-likeness (QED) is 0.418. The molecule has 1 atom stereocenters. The van der Waals surface area contributed by atoms with Crippen molar-refractivity contribution in [3.63, 3.8) is 0 Å². The lowest BCUT2D eigenvalue weighted by Crippen LogP contribution is -2.51.